The summed E-state index contributed by atoms with van der Waals surface area (Å²) in [4.78, 5) is 15.9. The molecule has 98 valence electrons. The van der Waals surface area contributed by atoms with Crippen LogP contribution in [0.3, 0.4) is 0 Å². The Morgan fingerprint density at radius 3 is 2.53 bits per heavy atom. The van der Waals surface area contributed by atoms with Gasteiger partial charge in [0.25, 0.3) is 0 Å². The Labute approximate surface area is 105 Å². The highest BCUT2D eigenvalue weighted by Crippen LogP contribution is 2.58. The van der Waals surface area contributed by atoms with Gasteiger partial charge in [0.15, 0.2) is 0 Å². The van der Waals surface area contributed by atoms with E-state index in [0.29, 0.717) is 17.4 Å². The summed E-state index contributed by atoms with van der Waals surface area (Å²) in [7, 11) is 3.68. The lowest BCUT2D eigenvalue weighted by molar-refractivity contribution is -0.132. The van der Waals surface area contributed by atoms with Gasteiger partial charge in [-0.3, -0.25) is 9.69 Å². The highest BCUT2D eigenvalue weighted by atomic mass is 16.2. The predicted molar refractivity (Wildman–Crippen MR) is 69.7 cm³/mol. The average Bonchev–Trinajstić information content (AvgIpc) is 2.38. The zero-order valence-corrected chi connectivity index (χ0v) is 11.9. The number of fused-ring (bicyclic) bond motifs is 2. The molecule has 2 aliphatic rings. The fraction of sp³-hybridized carbons (Fsp3) is 0.929. The van der Waals surface area contributed by atoms with E-state index in [4.69, 9.17) is 0 Å². The van der Waals surface area contributed by atoms with Crippen molar-refractivity contribution in [2.45, 2.75) is 33.6 Å². The van der Waals surface area contributed by atoms with Gasteiger partial charge >= 0.3 is 0 Å². The van der Waals surface area contributed by atoms with Crippen LogP contribution >= 0.6 is 0 Å². The maximum atomic E-state index is 11.8. The van der Waals surface area contributed by atoms with Crippen LogP contribution in [0.1, 0.15) is 33.6 Å². The molecule has 0 spiro atoms. The Hall–Kier alpha value is -0.570. The molecule has 2 fully saturated rings. The number of amides is 1. The lowest BCUT2D eigenvalue weighted by Crippen LogP contribution is -2.54. The van der Waals surface area contributed by atoms with Crippen molar-refractivity contribution in [1.82, 2.24) is 9.80 Å². The fourth-order valence-electron chi connectivity index (χ4n) is 3.59. The van der Waals surface area contributed by atoms with Crippen molar-refractivity contribution < 1.29 is 4.79 Å². The molecule has 17 heavy (non-hydrogen) atoms. The first-order chi connectivity index (χ1) is 7.76. The molecule has 3 heteroatoms. The van der Waals surface area contributed by atoms with Gasteiger partial charge in [0.05, 0.1) is 6.54 Å². The first-order valence-electron chi connectivity index (χ1n) is 6.69. The number of likely N-dealkylation sites (tertiary alicyclic amines) is 1. The van der Waals surface area contributed by atoms with Gasteiger partial charge in [0.1, 0.15) is 0 Å². The topological polar surface area (TPSA) is 23.6 Å². The maximum absolute atomic E-state index is 11.8. The third-order valence-corrected chi connectivity index (χ3v) is 5.53. The van der Waals surface area contributed by atoms with Gasteiger partial charge in [0.2, 0.25) is 5.91 Å². The van der Waals surface area contributed by atoms with Crippen LogP contribution in [0, 0.1) is 16.7 Å². The molecule has 0 aromatic carbocycles. The largest absolute Gasteiger partial charge is 0.348 e. The highest BCUT2D eigenvalue weighted by Gasteiger charge is 2.55. The standard InChI is InChI=1S/C14H26N2O/c1-13(2)11-6-7-14(13,3)10-16(8-11)9-12(17)15(4)5/h11H,6-10H2,1-5H3. The summed E-state index contributed by atoms with van der Waals surface area (Å²) in [5.74, 6) is 0.990. The van der Waals surface area contributed by atoms with E-state index < -0.39 is 0 Å². The first-order valence-corrected chi connectivity index (χ1v) is 6.69. The van der Waals surface area contributed by atoms with Gasteiger partial charge in [-0.2, -0.15) is 0 Å². The molecular formula is C14H26N2O. The number of hydrogen-bond acceptors (Lipinski definition) is 2. The smallest absolute Gasteiger partial charge is 0.236 e. The normalized spacial score (nSPS) is 35.9. The summed E-state index contributed by atoms with van der Waals surface area (Å²) < 4.78 is 0. The van der Waals surface area contributed by atoms with Crippen molar-refractivity contribution in [3.8, 4) is 0 Å². The minimum absolute atomic E-state index is 0.229. The second-order valence-electron chi connectivity index (χ2n) is 6.98. The molecule has 1 heterocycles. The van der Waals surface area contributed by atoms with Crippen LogP contribution in [0.25, 0.3) is 0 Å². The first kappa shape index (κ1) is 12.9. The molecule has 1 saturated heterocycles. The predicted octanol–water partition coefficient (Wildman–Crippen LogP) is 1.83. The summed E-state index contributed by atoms with van der Waals surface area (Å²) in [5.41, 5.74) is 0.827. The number of nitrogens with zero attached hydrogens (tertiary/aromatic N) is 2. The second-order valence-corrected chi connectivity index (χ2v) is 6.98. The third kappa shape index (κ3) is 1.99. The van der Waals surface area contributed by atoms with Crippen molar-refractivity contribution in [1.29, 1.82) is 0 Å². The van der Waals surface area contributed by atoms with Crippen LogP contribution in [-0.2, 0) is 4.79 Å². The van der Waals surface area contributed by atoms with Gasteiger partial charge in [-0.05, 0) is 29.6 Å². The van der Waals surface area contributed by atoms with Crippen LogP contribution in [0.15, 0.2) is 0 Å². The van der Waals surface area contributed by atoms with E-state index in [-0.39, 0.29) is 5.91 Å². The van der Waals surface area contributed by atoms with Crippen LogP contribution in [0.2, 0.25) is 0 Å². The van der Waals surface area contributed by atoms with Crippen LogP contribution < -0.4 is 0 Å². The molecule has 1 aliphatic heterocycles. The SMILES string of the molecule is CN(C)C(=O)CN1CC2CCC(C)(C1)C2(C)C. The van der Waals surface area contributed by atoms with Crippen LogP contribution in [-0.4, -0.2) is 49.4 Å². The second kappa shape index (κ2) is 3.98. The summed E-state index contributed by atoms with van der Waals surface area (Å²) in [6, 6.07) is 0. The highest BCUT2D eigenvalue weighted by molar-refractivity contribution is 5.77. The van der Waals surface area contributed by atoms with Crippen molar-refractivity contribution in [2.75, 3.05) is 33.7 Å². The summed E-state index contributed by atoms with van der Waals surface area (Å²) in [6.45, 7) is 10.00. The number of hydrogen-bond donors (Lipinski definition) is 0. The molecule has 2 atom stereocenters. The van der Waals surface area contributed by atoms with Gasteiger partial charge in [0, 0.05) is 27.2 Å². The van der Waals surface area contributed by atoms with E-state index >= 15 is 0 Å². The lowest BCUT2D eigenvalue weighted by Gasteiger charge is -2.50. The summed E-state index contributed by atoms with van der Waals surface area (Å²) in [5, 5.41) is 0. The Morgan fingerprint density at radius 1 is 1.35 bits per heavy atom. The number of likely N-dealkylation sites (N-methyl/N-ethyl adjacent to an activating group) is 1. The third-order valence-electron chi connectivity index (χ3n) is 5.53. The Bertz CT molecular complexity index is 324. The zero-order valence-electron chi connectivity index (χ0n) is 11.9. The van der Waals surface area contributed by atoms with E-state index in [1.807, 2.05) is 14.1 Å². The minimum Gasteiger partial charge on any atom is -0.348 e. The fourth-order valence-corrected chi connectivity index (χ4v) is 3.59. The molecule has 1 saturated carbocycles. The minimum atomic E-state index is 0.229. The number of carbonyl (C=O) groups is 1. The Balaban J connectivity index is 2.06. The molecule has 1 aliphatic carbocycles. The molecule has 0 aromatic heterocycles. The van der Waals surface area contributed by atoms with E-state index in [2.05, 4.69) is 25.7 Å². The number of piperidine rings is 1. The molecule has 2 rings (SSSR count). The van der Waals surface area contributed by atoms with Crippen LogP contribution in [0.4, 0.5) is 0 Å². The number of rotatable bonds is 2. The van der Waals surface area contributed by atoms with Crippen molar-refractivity contribution in [3.63, 3.8) is 0 Å². The molecule has 0 aromatic rings. The molecule has 2 unspecified atom stereocenters. The average molecular weight is 238 g/mol. The summed E-state index contributed by atoms with van der Waals surface area (Å²) >= 11 is 0. The molecule has 2 bridgehead atoms. The van der Waals surface area contributed by atoms with E-state index in [0.717, 1.165) is 19.0 Å². The molecule has 1 amide bonds. The molecule has 0 N–H and O–H groups in total. The van der Waals surface area contributed by atoms with Gasteiger partial charge in [-0.1, -0.05) is 20.8 Å². The lowest BCUT2D eigenvalue weighted by atomic mass is 9.63. The molecule has 0 radical (unpaired) electrons. The Morgan fingerprint density at radius 2 is 2.00 bits per heavy atom. The van der Waals surface area contributed by atoms with Gasteiger partial charge in [-0.25, -0.2) is 0 Å². The van der Waals surface area contributed by atoms with Crippen LogP contribution in [0.5, 0.6) is 0 Å². The van der Waals surface area contributed by atoms with E-state index in [9.17, 15) is 4.79 Å². The maximum Gasteiger partial charge on any atom is 0.236 e. The van der Waals surface area contributed by atoms with Crippen molar-refractivity contribution in [3.05, 3.63) is 0 Å². The summed E-state index contributed by atoms with van der Waals surface area (Å²) in [6.07, 6.45) is 2.65. The van der Waals surface area contributed by atoms with Gasteiger partial charge in [-0.15, -0.1) is 0 Å². The Kier molecular flexibility index (Phi) is 3.01. The number of carbonyl (C=O) groups excluding carboxylic acids is 1. The van der Waals surface area contributed by atoms with Gasteiger partial charge < -0.3 is 4.90 Å². The van der Waals surface area contributed by atoms with Crippen molar-refractivity contribution >= 4 is 5.91 Å². The molecule has 3 nitrogen and oxygen atoms in total. The molecular weight excluding hydrogens is 212 g/mol. The van der Waals surface area contributed by atoms with E-state index in [1.54, 1.807) is 4.90 Å². The van der Waals surface area contributed by atoms with Crippen molar-refractivity contribution in [2.24, 2.45) is 16.7 Å². The monoisotopic (exact) mass is 238 g/mol. The van der Waals surface area contributed by atoms with E-state index in [1.165, 1.54) is 12.8 Å². The zero-order chi connectivity index (χ0) is 12.8. The quantitative estimate of drug-likeness (QED) is 0.733.